The van der Waals surface area contributed by atoms with Crippen LogP contribution in [0, 0.1) is 0 Å². The zero-order chi connectivity index (χ0) is 30.8. The molecule has 0 spiro atoms. The Morgan fingerprint density at radius 2 is 1.40 bits per heavy atom. The van der Waals surface area contributed by atoms with Crippen molar-refractivity contribution in [1.82, 2.24) is 9.88 Å². The van der Waals surface area contributed by atoms with Crippen molar-refractivity contribution in [3.8, 4) is 11.5 Å². The molecule has 8 nitrogen and oxygen atoms in total. The third kappa shape index (κ3) is 7.44. The lowest BCUT2D eigenvalue weighted by Gasteiger charge is -2.38. The lowest BCUT2D eigenvalue weighted by atomic mass is 9.79. The summed E-state index contributed by atoms with van der Waals surface area (Å²) < 4.78 is 22.2. The number of nitrogens with zero attached hydrogens (tertiary/aromatic N) is 2. The maximum atomic E-state index is 13.9. The van der Waals surface area contributed by atoms with Crippen LogP contribution in [-0.2, 0) is 31.9 Å². The number of carbonyl (C=O) groups is 2. The minimum atomic E-state index is -0.717. The molecule has 0 N–H and O–H groups in total. The number of hydrogen-bond acceptors (Lipinski definition) is 8. The first-order chi connectivity index (χ1) is 20.9. The average Bonchev–Trinajstić information content (AvgIpc) is 3.04. The number of ether oxygens (including phenoxy) is 4. The molecule has 43 heavy (non-hydrogen) atoms. The van der Waals surface area contributed by atoms with Crippen molar-refractivity contribution in [2.45, 2.75) is 45.4 Å². The Morgan fingerprint density at radius 3 is 2.05 bits per heavy atom. The van der Waals surface area contributed by atoms with Crippen LogP contribution in [0.3, 0.4) is 0 Å². The fourth-order valence-corrected chi connectivity index (χ4v) is 5.60. The third-order valence-electron chi connectivity index (χ3n) is 7.82. The number of pyridine rings is 1. The van der Waals surface area contributed by atoms with Crippen LogP contribution in [0.4, 0.5) is 0 Å². The largest absolute Gasteiger partial charge is 0.493 e. The first-order valence-electron chi connectivity index (χ1n) is 14.5. The van der Waals surface area contributed by atoms with Crippen LogP contribution >= 0.6 is 0 Å². The summed E-state index contributed by atoms with van der Waals surface area (Å²) in [6.07, 6.45) is 6.59. The highest BCUT2D eigenvalue weighted by Gasteiger charge is 2.40. The van der Waals surface area contributed by atoms with Gasteiger partial charge in [-0.2, -0.15) is 0 Å². The van der Waals surface area contributed by atoms with Gasteiger partial charge in [0.1, 0.15) is 0 Å². The Kier molecular flexibility index (Phi) is 11.0. The van der Waals surface area contributed by atoms with Crippen molar-refractivity contribution in [2.24, 2.45) is 0 Å². The van der Waals surface area contributed by atoms with Crippen LogP contribution in [0.2, 0.25) is 0 Å². The maximum absolute atomic E-state index is 13.9. The fraction of sp³-hybridized carbons (Fsp3) is 0.343. The van der Waals surface area contributed by atoms with Crippen LogP contribution < -0.4 is 9.47 Å². The molecule has 1 atom stereocenters. The minimum Gasteiger partial charge on any atom is -0.493 e. The van der Waals surface area contributed by atoms with E-state index in [0.29, 0.717) is 41.2 Å². The van der Waals surface area contributed by atoms with Gasteiger partial charge in [-0.15, -0.1) is 0 Å². The lowest BCUT2D eigenvalue weighted by Crippen LogP contribution is -2.36. The van der Waals surface area contributed by atoms with Gasteiger partial charge in [0, 0.05) is 30.3 Å². The van der Waals surface area contributed by atoms with E-state index in [4.69, 9.17) is 18.9 Å². The van der Waals surface area contributed by atoms with Crippen LogP contribution in [-0.4, -0.2) is 56.3 Å². The highest BCUT2D eigenvalue weighted by atomic mass is 16.5. The molecule has 0 aliphatic carbocycles. The number of hydrogen-bond donors (Lipinski definition) is 0. The van der Waals surface area contributed by atoms with Crippen LogP contribution in [0.15, 0.2) is 95.6 Å². The molecule has 2 aromatic carbocycles. The molecule has 4 rings (SSSR count). The fourth-order valence-electron chi connectivity index (χ4n) is 5.60. The molecular formula is C35H40N2O6. The van der Waals surface area contributed by atoms with Crippen molar-refractivity contribution in [1.29, 1.82) is 0 Å². The van der Waals surface area contributed by atoms with Gasteiger partial charge in [-0.3, -0.25) is 4.98 Å². The number of methoxy groups -OCH3 is 3. The molecule has 0 radical (unpaired) electrons. The number of carbonyl (C=O) groups excluding carboxylic acids is 2. The highest BCUT2D eigenvalue weighted by Crippen LogP contribution is 2.44. The monoisotopic (exact) mass is 584 g/mol. The molecule has 0 saturated carbocycles. The van der Waals surface area contributed by atoms with Crippen molar-refractivity contribution in [3.63, 3.8) is 0 Å². The second-order valence-corrected chi connectivity index (χ2v) is 10.4. The molecule has 1 unspecified atom stereocenters. The van der Waals surface area contributed by atoms with Gasteiger partial charge in [0.15, 0.2) is 11.5 Å². The van der Waals surface area contributed by atoms with Crippen LogP contribution in [0.5, 0.6) is 11.5 Å². The Morgan fingerprint density at radius 1 is 0.767 bits per heavy atom. The summed E-state index contributed by atoms with van der Waals surface area (Å²) in [5.74, 6) is -0.638. The van der Waals surface area contributed by atoms with Gasteiger partial charge in [-0.05, 0) is 80.5 Å². The molecule has 0 bridgehead atoms. The van der Waals surface area contributed by atoms with Crippen molar-refractivity contribution >= 4 is 11.9 Å². The molecule has 2 heterocycles. The first-order valence-corrected chi connectivity index (χ1v) is 14.5. The number of rotatable bonds is 13. The topological polar surface area (TPSA) is 87.2 Å². The normalized spacial score (nSPS) is 14.9. The predicted octanol–water partition coefficient (Wildman–Crippen LogP) is 6.03. The lowest BCUT2D eigenvalue weighted by molar-refractivity contribution is -0.139. The number of esters is 2. The smallest absolute Gasteiger partial charge is 0.336 e. The Hall–Kier alpha value is -4.59. The summed E-state index contributed by atoms with van der Waals surface area (Å²) in [4.78, 5) is 33.5. The van der Waals surface area contributed by atoms with Gasteiger partial charge in [0.05, 0.1) is 45.0 Å². The van der Waals surface area contributed by atoms with E-state index in [0.717, 1.165) is 36.2 Å². The molecule has 1 aliphatic rings. The first kappa shape index (κ1) is 31.3. The number of allylic oxidation sites excluding steroid dienone is 2. The van der Waals surface area contributed by atoms with E-state index in [1.807, 2.05) is 55.1 Å². The molecule has 226 valence electrons. The maximum Gasteiger partial charge on any atom is 0.336 e. The SMILES string of the molecule is COC(=O)C1=C(C)N(CCCc2ccccc2)C(C)=C(C(=O)OCCCc2ccncc2)C1c1ccc(OC)c(OC)c1. The van der Waals surface area contributed by atoms with E-state index in [1.54, 1.807) is 38.7 Å². The molecule has 3 aromatic rings. The van der Waals surface area contributed by atoms with Crippen LogP contribution in [0.1, 0.15) is 49.3 Å². The third-order valence-corrected chi connectivity index (χ3v) is 7.82. The summed E-state index contributed by atoms with van der Waals surface area (Å²) in [6, 6.07) is 19.6. The molecule has 0 amide bonds. The van der Waals surface area contributed by atoms with Gasteiger partial charge >= 0.3 is 11.9 Å². The standard InChI is InChI=1S/C35H40N2O6/c1-24-31(34(38)42-5)33(28-15-16-29(40-3)30(23-28)41-4)32(35(39)43-22-10-14-27-17-19-36-20-18-27)25(2)37(24)21-9-13-26-11-7-6-8-12-26/h6-8,11-12,15-20,23,33H,9-10,13-14,21-22H2,1-5H3. The summed E-state index contributed by atoms with van der Waals surface area (Å²) in [5.41, 5.74) is 5.34. The number of aromatic nitrogens is 1. The zero-order valence-corrected chi connectivity index (χ0v) is 25.6. The van der Waals surface area contributed by atoms with Crippen molar-refractivity contribution in [3.05, 3.63) is 112 Å². The summed E-state index contributed by atoms with van der Waals surface area (Å²) in [7, 11) is 4.48. The van der Waals surface area contributed by atoms with Gasteiger partial charge in [0.25, 0.3) is 0 Å². The van der Waals surface area contributed by atoms with Gasteiger partial charge < -0.3 is 23.8 Å². The van der Waals surface area contributed by atoms with E-state index in [1.165, 1.54) is 12.7 Å². The Balaban J connectivity index is 1.69. The van der Waals surface area contributed by atoms with Gasteiger partial charge in [0.2, 0.25) is 0 Å². The molecule has 0 saturated heterocycles. The molecular weight excluding hydrogens is 544 g/mol. The van der Waals surface area contributed by atoms with Gasteiger partial charge in [-0.25, -0.2) is 9.59 Å². The van der Waals surface area contributed by atoms with E-state index < -0.39 is 17.9 Å². The summed E-state index contributed by atoms with van der Waals surface area (Å²) in [6.45, 7) is 4.68. The van der Waals surface area contributed by atoms with E-state index in [2.05, 4.69) is 17.1 Å². The summed E-state index contributed by atoms with van der Waals surface area (Å²) >= 11 is 0. The number of benzene rings is 2. The zero-order valence-electron chi connectivity index (χ0n) is 25.6. The minimum absolute atomic E-state index is 0.237. The molecule has 1 aliphatic heterocycles. The average molecular weight is 585 g/mol. The van der Waals surface area contributed by atoms with Gasteiger partial charge in [-0.1, -0.05) is 36.4 Å². The van der Waals surface area contributed by atoms with Crippen molar-refractivity contribution < 1.29 is 28.5 Å². The number of aryl methyl sites for hydroxylation is 2. The quantitative estimate of drug-likeness (QED) is 0.178. The second-order valence-electron chi connectivity index (χ2n) is 10.4. The van der Waals surface area contributed by atoms with Crippen molar-refractivity contribution in [2.75, 3.05) is 34.5 Å². The molecule has 8 heteroatoms. The van der Waals surface area contributed by atoms with E-state index in [9.17, 15) is 9.59 Å². The summed E-state index contributed by atoms with van der Waals surface area (Å²) in [5, 5.41) is 0. The Bertz CT molecular complexity index is 1470. The highest BCUT2D eigenvalue weighted by molar-refractivity contribution is 6.00. The molecule has 0 fully saturated rings. The second kappa shape index (κ2) is 15.0. The predicted molar refractivity (Wildman–Crippen MR) is 165 cm³/mol. The van der Waals surface area contributed by atoms with E-state index >= 15 is 0 Å². The van der Waals surface area contributed by atoms with Crippen LogP contribution in [0.25, 0.3) is 0 Å². The van der Waals surface area contributed by atoms with E-state index in [-0.39, 0.29) is 6.61 Å². The Labute approximate surface area is 253 Å². The molecule has 1 aromatic heterocycles.